The van der Waals surface area contributed by atoms with Crippen LogP contribution in [0.1, 0.15) is 59.9 Å². The molecule has 5 rings (SSSR count). The summed E-state index contributed by atoms with van der Waals surface area (Å²) in [5, 5.41) is 10.4. The molecule has 1 N–H and O–H groups in total. The van der Waals surface area contributed by atoms with Crippen LogP contribution in [-0.4, -0.2) is 17.2 Å². The van der Waals surface area contributed by atoms with E-state index in [9.17, 15) is 0 Å². The van der Waals surface area contributed by atoms with E-state index in [1.807, 2.05) is 23.5 Å². The highest BCUT2D eigenvalue weighted by Gasteiger charge is 2.33. The van der Waals surface area contributed by atoms with Gasteiger partial charge in [0.15, 0.2) is 0 Å². The van der Waals surface area contributed by atoms with Crippen molar-refractivity contribution in [2.24, 2.45) is 0 Å². The van der Waals surface area contributed by atoms with Gasteiger partial charge in [-0.05, 0) is 92.2 Å². The standard InChI is InChI=1S/C31H34N2S/c1-21(2)8-6-12-28(32)30-31-27(26-11-4-5-13-29(26)34-31)18-19-33(30)22(3)14-15-23-16-17-24-9-7-10-25(24)20-23/h4-6,8,11-13,16-17,20,30,32H,3,7,9-10,14-15,18-19H2,1-2H3/b12-6-,32-28?/t30-/m0/s1. The number of thiophene rings is 1. The molecule has 0 saturated carbocycles. The lowest BCUT2D eigenvalue weighted by molar-refractivity contribution is 0.292. The van der Waals surface area contributed by atoms with Gasteiger partial charge in [-0.1, -0.05) is 60.7 Å². The molecule has 2 heterocycles. The van der Waals surface area contributed by atoms with E-state index in [1.54, 1.807) is 5.56 Å². The van der Waals surface area contributed by atoms with Gasteiger partial charge in [0.05, 0.1) is 5.71 Å². The molecule has 1 aromatic heterocycles. The van der Waals surface area contributed by atoms with Gasteiger partial charge < -0.3 is 10.3 Å². The van der Waals surface area contributed by atoms with Crippen molar-refractivity contribution < 1.29 is 0 Å². The summed E-state index contributed by atoms with van der Waals surface area (Å²) in [4.78, 5) is 3.72. The lowest BCUT2D eigenvalue weighted by atomic mass is 9.93. The molecule has 0 saturated heterocycles. The van der Waals surface area contributed by atoms with Crippen LogP contribution < -0.4 is 0 Å². The summed E-state index contributed by atoms with van der Waals surface area (Å²) in [6, 6.07) is 15.7. The maximum atomic E-state index is 9.04. The number of fused-ring (bicyclic) bond motifs is 4. The zero-order valence-corrected chi connectivity index (χ0v) is 21.2. The summed E-state index contributed by atoms with van der Waals surface area (Å²) >= 11 is 1.85. The number of hydrogen-bond donors (Lipinski definition) is 1. The van der Waals surface area contributed by atoms with E-state index in [0.717, 1.165) is 31.5 Å². The highest BCUT2D eigenvalue weighted by molar-refractivity contribution is 7.19. The topological polar surface area (TPSA) is 27.1 Å². The van der Waals surface area contributed by atoms with Crippen molar-refractivity contribution in [2.45, 2.75) is 58.4 Å². The Labute approximate surface area is 207 Å². The Morgan fingerprint density at radius 3 is 2.79 bits per heavy atom. The van der Waals surface area contributed by atoms with Crippen LogP contribution in [0.5, 0.6) is 0 Å². The van der Waals surface area contributed by atoms with Crippen LogP contribution >= 0.6 is 11.3 Å². The van der Waals surface area contributed by atoms with E-state index < -0.39 is 0 Å². The summed E-state index contributed by atoms with van der Waals surface area (Å²) in [6.07, 6.45) is 12.8. The third kappa shape index (κ3) is 4.54. The molecule has 2 nitrogen and oxygen atoms in total. The first-order valence-corrected chi connectivity index (χ1v) is 13.3. The van der Waals surface area contributed by atoms with Crippen LogP contribution in [0.3, 0.4) is 0 Å². The summed E-state index contributed by atoms with van der Waals surface area (Å²) in [6.45, 7) is 9.63. The molecule has 0 spiro atoms. The Hall–Kier alpha value is -2.91. The first-order valence-electron chi connectivity index (χ1n) is 12.5. The number of nitrogens with one attached hydrogen (secondary N) is 1. The highest BCUT2D eigenvalue weighted by Crippen LogP contribution is 2.43. The van der Waals surface area contributed by atoms with Gasteiger partial charge in [-0.3, -0.25) is 0 Å². The number of rotatable bonds is 7. The van der Waals surface area contributed by atoms with Crippen LogP contribution in [0.4, 0.5) is 0 Å². The van der Waals surface area contributed by atoms with Crippen molar-refractivity contribution >= 4 is 27.1 Å². The number of hydrogen-bond acceptors (Lipinski definition) is 3. The second kappa shape index (κ2) is 9.76. The minimum absolute atomic E-state index is 0.0597. The second-order valence-electron chi connectivity index (χ2n) is 9.87. The van der Waals surface area contributed by atoms with Gasteiger partial charge in [0.25, 0.3) is 0 Å². The molecular weight excluding hydrogens is 432 g/mol. The Balaban J connectivity index is 1.41. The van der Waals surface area contributed by atoms with Crippen molar-refractivity contribution in [1.29, 1.82) is 5.41 Å². The summed E-state index contributed by atoms with van der Waals surface area (Å²) in [5.41, 5.74) is 8.95. The predicted molar refractivity (Wildman–Crippen MR) is 147 cm³/mol. The van der Waals surface area contributed by atoms with Crippen LogP contribution in [0.15, 0.2) is 78.5 Å². The molecule has 1 aliphatic heterocycles. The van der Waals surface area contributed by atoms with Gasteiger partial charge in [0.2, 0.25) is 0 Å². The van der Waals surface area contributed by atoms with Gasteiger partial charge in [-0.15, -0.1) is 11.3 Å². The average molecular weight is 467 g/mol. The van der Waals surface area contributed by atoms with E-state index in [2.05, 4.69) is 73.9 Å². The Kier molecular flexibility index (Phi) is 6.56. The normalized spacial score (nSPS) is 17.1. The minimum atomic E-state index is -0.0597. The smallest absolute Gasteiger partial charge is 0.105 e. The molecule has 0 fully saturated rings. The third-order valence-corrected chi connectivity index (χ3v) is 8.43. The van der Waals surface area contributed by atoms with Gasteiger partial charge in [-0.25, -0.2) is 0 Å². The SMILES string of the molecule is C=C(CCc1ccc2c(c1)CCC2)N1CCc2c(sc3ccccc23)[C@@H]1C(=N)/C=C\C=C(C)C. The number of benzene rings is 2. The zero-order valence-electron chi connectivity index (χ0n) is 20.4. The van der Waals surface area contributed by atoms with E-state index in [1.165, 1.54) is 56.5 Å². The Bertz CT molecular complexity index is 1300. The van der Waals surface area contributed by atoms with Gasteiger partial charge >= 0.3 is 0 Å². The molecule has 0 bridgehead atoms. The largest absolute Gasteiger partial charge is 0.362 e. The minimum Gasteiger partial charge on any atom is -0.362 e. The summed E-state index contributed by atoms with van der Waals surface area (Å²) in [7, 11) is 0. The van der Waals surface area contributed by atoms with Crippen LogP contribution in [0.2, 0.25) is 0 Å². The van der Waals surface area contributed by atoms with Crippen molar-refractivity contribution in [3.05, 3.63) is 106 Å². The average Bonchev–Trinajstić information content (AvgIpc) is 3.45. The first-order chi connectivity index (χ1) is 16.5. The fraction of sp³-hybridized carbons (Fsp3) is 0.323. The van der Waals surface area contributed by atoms with Gasteiger partial charge in [-0.2, -0.15) is 0 Å². The number of nitrogens with zero attached hydrogens (tertiary/aromatic N) is 1. The van der Waals surface area contributed by atoms with E-state index in [0.29, 0.717) is 5.71 Å². The molecule has 174 valence electrons. The number of aryl methyl sites for hydroxylation is 3. The third-order valence-electron chi connectivity index (χ3n) is 7.16. The molecule has 1 atom stereocenters. The predicted octanol–water partition coefficient (Wildman–Crippen LogP) is 7.98. The second-order valence-corrected chi connectivity index (χ2v) is 11.0. The highest BCUT2D eigenvalue weighted by atomic mass is 32.1. The van der Waals surface area contributed by atoms with Crippen LogP contribution in [0, 0.1) is 5.41 Å². The number of allylic oxidation sites excluding steroid dienone is 4. The first kappa shape index (κ1) is 22.9. The molecule has 2 aliphatic rings. The molecule has 0 radical (unpaired) electrons. The van der Waals surface area contributed by atoms with E-state index >= 15 is 0 Å². The van der Waals surface area contributed by atoms with Gasteiger partial charge in [0.1, 0.15) is 6.04 Å². The van der Waals surface area contributed by atoms with Crippen molar-refractivity contribution in [3.63, 3.8) is 0 Å². The molecule has 1 aliphatic carbocycles. The molecule has 34 heavy (non-hydrogen) atoms. The molecule has 3 aromatic rings. The lowest BCUT2D eigenvalue weighted by Crippen LogP contribution is -2.37. The zero-order chi connectivity index (χ0) is 23.7. The van der Waals surface area contributed by atoms with E-state index in [-0.39, 0.29) is 6.04 Å². The van der Waals surface area contributed by atoms with Crippen LogP contribution in [0.25, 0.3) is 10.1 Å². The van der Waals surface area contributed by atoms with Crippen molar-refractivity contribution in [2.75, 3.05) is 6.54 Å². The Morgan fingerprint density at radius 2 is 1.94 bits per heavy atom. The van der Waals surface area contributed by atoms with Gasteiger partial charge in [0, 0.05) is 21.8 Å². The Morgan fingerprint density at radius 1 is 1.12 bits per heavy atom. The van der Waals surface area contributed by atoms with E-state index in [4.69, 9.17) is 5.41 Å². The fourth-order valence-corrected chi connectivity index (χ4v) is 6.78. The lowest BCUT2D eigenvalue weighted by Gasteiger charge is -2.38. The maximum absolute atomic E-state index is 9.04. The van der Waals surface area contributed by atoms with Crippen molar-refractivity contribution in [1.82, 2.24) is 4.90 Å². The summed E-state index contributed by atoms with van der Waals surface area (Å²) < 4.78 is 1.32. The fourth-order valence-electron chi connectivity index (χ4n) is 5.40. The quantitative estimate of drug-likeness (QED) is 0.277. The molecule has 2 aromatic carbocycles. The molecule has 3 heteroatoms. The summed E-state index contributed by atoms with van der Waals surface area (Å²) in [5.74, 6) is 0. The molecule has 0 amide bonds. The monoisotopic (exact) mass is 466 g/mol. The molecular formula is C31H34N2S. The van der Waals surface area contributed by atoms with Crippen LogP contribution in [-0.2, 0) is 25.7 Å². The maximum Gasteiger partial charge on any atom is 0.105 e. The molecule has 0 unspecified atom stereocenters. The van der Waals surface area contributed by atoms with Crippen molar-refractivity contribution in [3.8, 4) is 0 Å².